The maximum atomic E-state index is 12.8. The molecule has 3 aromatic rings. The summed E-state index contributed by atoms with van der Waals surface area (Å²) >= 11 is 3.12. The third kappa shape index (κ3) is 4.99. The van der Waals surface area contributed by atoms with Gasteiger partial charge in [-0.05, 0) is 43.7 Å². The molecule has 0 aliphatic carbocycles. The zero-order chi connectivity index (χ0) is 20.3. The molecule has 0 spiro atoms. The molecule has 0 fully saturated rings. The zero-order valence-electron chi connectivity index (χ0n) is 15.3. The minimum Gasteiger partial charge on any atom is -0.322 e. The van der Waals surface area contributed by atoms with Gasteiger partial charge in [-0.3, -0.25) is 4.79 Å². The number of benzene rings is 2. The SMILES string of the molecule is Cc1nc(CSc2ccccc2C(=O)Nc2ccc(C)c(S(N)(=O)=O)c2)cs1. The van der Waals surface area contributed by atoms with Crippen LogP contribution in [0.4, 0.5) is 5.69 Å². The normalized spacial score (nSPS) is 11.4. The van der Waals surface area contributed by atoms with Gasteiger partial charge in [0, 0.05) is 21.7 Å². The van der Waals surface area contributed by atoms with E-state index in [9.17, 15) is 13.2 Å². The molecule has 0 aliphatic heterocycles. The maximum Gasteiger partial charge on any atom is 0.256 e. The summed E-state index contributed by atoms with van der Waals surface area (Å²) in [6, 6.07) is 11.9. The minimum atomic E-state index is -3.86. The number of thioether (sulfide) groups is 1. The molecule has 28 heavy (non-hydrogen) atoms. The number of nitrogens with zero attached hydrogens (tertiary/aromatic N) is 1. The van der Waals surface area contributed by atoms with E-state index in [4.69, 9.17) is 5.14 Å². The van der Waals surface area contributed by atoms with Gasteiger partial charge in [-0.25, -0.2) is 18.5 Å². The van der Waals surface area contributed by atoms with Gasteiger partial charge >= 0.3 is 0 Å². The number of nitrogens with one attached hydrogen (secondary N) is 1. The number of thiazole rings is 1. The molecule has 0 bridgehead atoms. The smallest absolute Gasteiger partial charge is 0.256 e. The van der Waals surface area contributed by atoms with Crippen LogP contribution in [0.15, 0.2) is 57.6 Å². The van der Waals surface area contributed by atoms with E-state index < -0.39 is 10.0 Å². The highest BCUT2D eigenvalue weighted by Gasteiger charge is 2.16. The van der Waals surface area contributed by atoms with Gasteiger partial charge in [-0.2, -0.15) is 0 Å². The standard InChI is InChI=1S/C19H19N3O3S3/c1-12-7-8-14(9-18(12)28(20,24)25)22-19(23)16-5-3-4-6-17(16)27-11-15-10-26-13(2)21-15/h3-10H,11H2,1-2H3,(H,22,23)(H2,20,24,25). The Balaban J connectivity index is 1.80. The van der Waals surface area contributed by atoms with E-state index in [1.165, 1.54) is 17.8 Å². The maximum absolute atomic E-state index is 12.8. The first-order valence-electron chi connectivity index (χ1n) is 8.31. The molecule has 0 saturated heterocycles. The van der Waals surface area contributed by atoms with E-state index in [1.54, 1.807) is 42.5 Å². The van der Waals surface area contributed by atoms with Crippen molar-refractivity contribution in [2.45, 2.75) is 29.4 Å². The summed E-state index contributed by atoms with van der Waals surface area (Å²) in [7, 11) is -3.86. The van der Waals surface area contributed by atoms with E-state index >= 15 is 0 Å². The summed E-state index contributed by atoms with van der Waals surface area (Å²) in [4.78, 5) is 18.0. The van der Waals surface area contributed by atoms with Gasteiger partial charge in [0.2, 0.25) is 10.0 Å². The van der Waals surface area contributed by atoms with Gasteiger partial charge in [-0.15, -0.1) is 23.1 Å². The van der Waals surface area contributed by atoms with Crippen LogP contribution in [0.25, 0.3) is 0 Å². The van der Waals surface area contributed by atoms with Crippen LogP contribution in [0.5, 0.6) is 0 Å². The molecule has 146 valence electrons. The van der Waals surface area contributed by atoms with E-state index in [0.29, 0.717) is 22.6 Å². The number of carbonyl (C=O) groups excluding carboxylic acids is 1. The lowest BCUT2D eigenvalue weighted by atomic mass is 10.2. The first kappa shape index (κ1) is 20.5. The number of carbonyl (C=O) groups is 1. The van der Waals surface area contributed by atoms with Crippen molar-refractivity contribution in [2.24, 2.45) is 5.14 Å². The third-order valence-corrected chi connectivity index (χ3v) is 6.91. The van der Waals surface area contributed by atoms with Crippen LogP contribution in [0.1, 0.15) is 26.6 Å². The molecule has 0 atom stereocenters. The summed E-state index contributed by atoms with van der Waals surface area (Å²) in [6.45, 7) is 3.61. The van der Waals surface area contributed by atoms with Gasteiger partial charge < -0.3 is 5.32 Å². The quantitative estimate of drug-likeness (QED) is 0.573. The summed E-state index contributed by atoms with van der Waals surface area (Å²) < 4.78 is 23.4. The fraction of sp³-hybridized carbons (Fsp3) is 0.158. The molecule has 2 aromatic carbocycles. The largest absolute Gasteiger partial charge is 0.322 e. The summed E-state index contributed by atoms with van der Waals surface area (Å²) in [5.41, 5.74) is 2.38. The average molecular weight is 434 g/mol. The number of anilines is 1. The Kier molecular flexibility index (Phi) is 6.19. The van der Waals surface area contributed by atoms with Crippen molar-refractivity contribution >= 4 is 44.7 Å². The van der Waals surface area contributed by atoms with Crippen molar-refractivity contribution in [1.82, 2.24) is 4.98 Å². The molecule has 0 radical (unpaired) electrons. The molecule has 6 nitrogen and oxygen atoms in total. The molecular weight excluding hydrogens is 414 g/mol. The van der Waals surface area contributed by atoms with Crippen LogP contribution in [0.3, 0.4) is 0 Å². The van der Waals surface area contributed by atoms with E-state index in [-0.39, 0.29) is 10.8 Å². The number of aryl methyl sites for hydroxylation is 2. The van der Waals surface area contributed by atoms with Gasteiger partial charge in [0.1, 0.15) is 0 Å². The molecule has 9 heteroatoms. The van der Waals surface area contributed by atoms with E-state index in [2.05, 4.69) is 10.3 Å². The van der Waals surface area contributed by atoms with Gasteiger partial charge in [0.15, 0.2) is 0 Å². The number of nitrogens with two attached hydrogens (primary N) is 1. The Morgan fingerprint density at radius 2 is 1.96 bits per heavy atom. The number of primary sulfonamides is 1. The predicted octanol–water partition coefficient (Wildman–Crippen LogP) is 3.95. The summed E-state index contributed by atoms with van der Waals surface area (Å²) in [5, 5.41) is 11.0. The summed E-state index contributed by atoms with van der Waals surface area (Å²) in [6.07, 6.45) is 0. The van der Waals surface area contributed by atoms with Crippen molar-refractivity contribution in [3.63, 3.8) is 0 Å². The number of sulfonamides is 1. The van der Waals surface area contributed by atoms with Gasteiger partial charge in [0.05, 0.1) is 21.2 Å². The highest BCUT2D eigenvalue weighted by Crippen LogP contribution is 2.28. The van der Waals surface area contributed by atoms with Crippen LogP contribution < -0.4 is 10.5 Å². The Labute approximate surface area is 172 Å². The molecule has 1 aromatic heterocycles. The zero-order valence-corrected chi connectivity index (χ0v) is 17.7. The van der Waals surface area contributed by atoms with Crippen molar-refractivity contribution in [3.8, 4) is 0 Å². The number of rotatable bonds is 6. The molecule has 0 unspecified atom stereocenters. The predicted molar refractivity (Wildman–Crippen MR) is 113 cm³/mol. The first-order valence-corrected chi connectivity index (χ1v) is 11.7. The lowest BCUT2D eigenvalue weighted by Gasteiger charge is -2.11. The highest BCUT2D eigenvalue weighted by atomic mass is 32.2. The van der Waals surface area contributed by atoms with E-state index in [1.807, 2.05) is 24.4 Å². The number of amides is 1. The van der Waals surface area contributed by atoms with Crippen LogP contribution in [-0.4, -0.2) is 19.3 Å². The van der Waals surface area contributed by atoms with Crippen LogP contribution in [0, 0.1) is 13.8 Å². The number of aromatic nitrogens is 1. The Morgan fingerprint density at radius 3 is 2.64 bits per heavy atom. The Hall–Kier alpha value is -2.20. The molecular formula is C19H19N3O3S3. The number of hydrogen-bond donors (Lipinski definition) is 2. The number of hydrogen-bond acceptors (Lipinski definition) is 6. The van der Waals surface area contributed by atoms with Crippen LogP contribution in [0.2, 0.25) is 0 Å². The van der Waals surface area contributed by atoms with Crippen molar-refractivity contribution in [1.29, 1.82) is 0 Å². The highest BCUT2D eigenvalue weighted by molar-refractivity contribution is 7.98. The fourth-order valence-electron chi connectivity index (χ4n) is 2.59. The molecule has 1 amide bonds. The molecule has 0 aliphatic rings. The molecule has 3 N–H and O–H groups in total. The second kappa shape index (κ2) is 8.44. The van der Waals surface area contributed by atoms with Gasteiger partial charge in [0.25, 0.3) is 5.91 Å². The van der Waals surface area contributed by atoms with Crippen molar-refractivity contribution in [3.05, 3.63) is 69.7 Å². The Bertz CT molecular complexity index is 1120. The average Bonchev–Trinajstić information content (AvgIpc) is 3.06. The fourth-order valence-corrected chi connectivity index (χ4v) is 5.06. The van der Waals surface area contributed by atoms with E-state index in [0.717, 1.165) is 15.6 Å². The minimum absolute atomic E-state index is 0.00754. The lowest BCUT2D eigenvalue weighted by Crippen LogP contribution is -2.16. The van der Waals surface area contributed by atoms with Crippen LogP contribution in [-0.2, 0) is 15.8 Å². The second-order valence-corrected chi connectivity index (χ2v) is 9.73. The first-order chi connectivity index (χ1) is 13.2. The van der Waals surface area contributed by atoms with Gasteiger partial charge in [-0.1, -0.05) is 18.2 Å². The molecule has 0 saturated carbocycles. The van der Waals surface area contributed by atoms with Crippen molar-refractivity contribution < 1.29 is 13.2 Å². The molecule has 1 heterocycles. The Morgan fingerprint density at radius 1 is 1.21 bits per heavy atom. The third-order valence-electron chi connectivity index (χ3n) is 3.93. The monoisotopic (exact) mass is 433 g/mol. The summed E-state index contributed by atoms with van der Waals surface area (Å²) in [5.74, 6) is 0.344. The van der Waals surface area contributed by atoms with Crippen LogP contribution >= 0.6 is 23.1 Å². The van der Waals surface area contributed by atoms with Crippen molar-refractivity contribution in [2.75, 3.05) is 5.32 Å². The molecule has 3 rings (SSSR count). The topological polar surface area (TPSA) is 102 Å². The lowest BCUT2D eigenvalue weighted by molar-refractivity contribution is 0.102. The second-order valence-electron chi connectivity index (χ2n) is 6.12.